The fourth-order valence-corrected chi connectivity index (χ4v) is 3.00. The molecule has 1 N–H and O–H groups in total. The number of hydrogen-bond donors (Lipinski definition) is 1. The Labute approximate surface area is 127 Å². The van der Waals surface area contributed by atoms with Crippen molar-refractivity contribution in [3.05, 3.63) is 54.1 Å². The zero-order valence-corrected chi connectivity index (χ0v) is 12.6. The van der Waals surface area contributed by atoms with Crippen molar-refractivity contribution in [1.29, 1.82) is 0 Å². The van der Waals surface area contributed by atoms with E-state index >= 15 is 0 Å². The molecule has 1 fully saturated rings. The lowest BCUT2D eigenvalue weighted by molar-refractivity contribution is 0.399. The molecule has 21 heavy (non-hydrogen) atoms. The average Bonchev–Trinajstić information content (AvgIpc) is 2.57. The third-order valence-electron chi connectivity index (χ3n) is 4.27. The van der Waals surface area contributed by atoms with Gasteiger partial charge in [0.25, 0.3) is 0 Å². The highest BCUT2D eigenvalue weighted by molar-refractivity contribution is 5.64. The van der Waals surface area contributed by atoms with E-state index < -0.39 is 0 Å². The van der Waals surface area contributed by atoms with Gasteiger partial charge in [0.2, 0.25) is 0 Å². The smallest absolute Gasteiger partial charge is 0.118 e. The molecule has 1 unspecified atom stereocenters. The van der Waals surface area contributed by atoms with Crippen LogP contribution in [0.5, 0.6) is 5.75 Å². The molecular formula is C19H23NO. The number of methoxy groups -OCH3 is 1. The van der Waals surface area contributed by atoms with Crippen LogP contribution in [-0.4, -0.2) is 19.7 Å². The maximum Gasteiger partial charge on any atom is 0.118 e. The molecule has 2 heteroatoms. The molecule has 1 aliphatic heterocycles. The lowest BCUT2D eigenvalue weighted by Gasteiger charge is -2.23. The van der Waals surface area contributed by atoms with E-state index in [1.165, 1.54) is 42.5 Å². The Morgan fingerprint density at radius 1 is 0.952 bits per heavy atom. The number of nitrogens with one attached hydrogen (secondary N) is 1. The molecule has 3 rings (SSSR count). The summed E-state index contributed by atoms with van der Waals surface area (Å²) in [6.45, 7) is 1.18. The molecule has 2 aromatic rings. The number of rotatable bonds is 4. The number of piperidine rings is 1. The first-order chi connectivity index (χ1) is 10.3. The van der Waals surface area contributed by atoms with Gasteiger partial charge in [-0.25, -0.2) is 0 Å². The van der Waals surface area contributed by atoms with Gasteiger partial charge < -0.3 is 10.1 Å². The summed E-state index contributed by atoms with van der Waals surface area (Å²) >= 11 is 0. The SMILES string of the molecule is COc1ccc(-c2ccc(CC3CCCCN3)cc2)cc1. The summed E-state index contributed by atoms with van der Waals surface area (Å²) in [5.41, 5.74) is 3.92. The van der Waals surface area contributed by atoms with Gasteiger partial charge in [-0.15, -0.1) is 0 Å². The monoisotopic (exact) mass is 281 g/mol. The minimum Gasteiger partial charge on any atom is -0.497 e. The lowest BCUT2D eigenvalue weighted by atomic mass is 9.96. The van der Waals surface area contributed by atoms with Gasteiger partial charge in [0.05, 0.1) is 7.11 Å². The van der Waals surface area contributed by atoms with E-state index in [4.69, 9.17) is 4.74 Å². The second-order valence-electron chi connectivity index (χ2n) is 5.78. The highest BCUT2D eigenvalue weighted by atomic mass is 16.5. The summed E-state index contributed by atoms with van der Waals surface area (Å²) in [5.74, 6) is 0.902. The molecule has 2 aromatic carbocycles. The van der Waals surface area contributed by atoms with Crippen molar-refractivity contribution in [1.82, 2.24) is 5.32 Å². The van der Waals surface area contributed by atoms with Gasteiger partial charge in [-0.2, -0.15) is 0 Å². The lowest BCUT2D eigenvalue weighted by Crippen LogP contribution is -2.35. The quantitative estimate of drug-likeness (QED) is 0.913. The van der Waals surface area contributed by atoms with Gasteiger partial charge in [-0.3, -0.25) is 0 Å². The molecule has 1 atom stereocenters. The molecule has 0 bridgehead atoms. The molecule has 2 nitrogen and oxygen atoms in total. The molecule has 1 heterocycles. The first-order valence-electron chi connectivity index (χ1n) is 7.82. The molecular weight excluding hydrogens is 258 g/mol. The van der Waals surface area contributed by atoms with Gasteiger partial charge in [-0.05, 0) is 54.6 Å². The third kappa shape index (κ3) is 3.64. The summed E-state index contributed by atoms with van der Waals surface area (Å²) in [7, 11) is 1.70. The average molecular weight is 281 g/mol. The largest absolute Gasteiger partial charge is 0.497 e. The van der Waals surface area contributed by atoms with Crippen molar-refractivity contribution < 1.29 is 4.74 Å². The summed E-state index contributed by atoms with van der Waals surface area (Å²) in [5, 5.41) is 3.61. The third-order valence-corrected chi connectivity index (χ3v) is 4.27. The van der Waals surface area contributed by atoms with Crippen LogP contribution in [0.1, 0.15) is 24.8 Å². The van der Waals surface area contributed by atoms with Gasteiger partial charge in [0.15, 0.2) is 0 Å². The van der Waals surface area contributed by atoms with Gasteiger partial charge in [0, 0.05) is 6.04 Å². The minimum absolute atomic E-state index is 0.658. The minimum atomic E-state index is 0.658. The molecule has 0 saturated carbocycles. The van der Waals surface area contributed by atoms with E-state index in [2.05, 4.69) is 41.7 Å². The first kappa shape index (κ1) is 14.2. The number of hydrogen-bond acceptors (Lipinski definition) is 2. The Hall–Kier alpha value is -1.80. The molecule has 1 aliphatic rings. The molecule has 0 radical (unpaired) electrons. The van der Waals surface area contributed by atoms with Crippen LogP contribution in [0.15, 0.2) is 48.5 Å². The topological polar surface area (TPSA) is 21.3 Å². The van der Waals surface area contributed by atoms with Crippen molar-refractivity contribution in [2.75, 3.05) is 13.7 Å². The van der Waals surface area contributed by atoms with E-state index in [1.807, 2.05) is 12.1 Å². The van der Waals surface area contributed by atoms with Crippen molar-refractivity contribution in [2.45, 2.75) is 31.7 Å². The second kappa shape index (κ2) is 6.77. The summed E-state index contributed by atoms with van der Waals surface area (Å²) < 4.78 is 5.20. The van der Waals surface area contributed by atoms with E-state index in [1.54, 1.807) is 7.11 Å². The van der Waals surface area contributed by atoms with Gasteiger partial charge >= 0.3 is 0 Å². The molecule has 1 saturated heterocycles. The zero-order valence-electron chi connectivity index (χ0n) is 12.6. The molecule has 0 aromatic heterocycles. The van der Waals surface area contributed by atoms with Crippen LogP contribution < -0.4 is 10.1 Å². The normalized spacial score (nSPS) is 18.4. The fourth-order valence-electron chi connectivity index (χ4n) is 3.00. The van der Waals surface area contributed by atoms with E-state index in [0.717, 1.165) is 12.2 Å². The molecule has 0 amide bonds. The van der Waals surface area contributed by atoms with Crippen LogP contribution in [0.4, 0.5) is 0 Å². The summed E-state index contributed by atoms with van der Waals surface area (Å²) in [6, 6.07) is 17.9. The summed E-state index contributed by atoms with van der Waals surface area (Å²) in [4.78, 5) is 0. The maximum absolute atomic E-state index is 5.20. The van der Waals surface area contributed by atoms with E-state index in [0.29, 0.717) is 6.04 Å². The van der Waals surface area contributed by atoms with Crippen molar-refractivity contribution in [3.8, 4) is 16.9 Å². The predicted molar refractivity (Wildman–Crippen MR) is 87.8 cm³/mol. The van der Waals surface area contributed by atoms with Crippen molar-refractivity contribution in [3.63, 3.8) is 0 Å². The fraction of sp³-hybridized carbons (Fsp3) is 0.368. The Bertz CT molecular complexity index is 553. The van der Waals surface area contributed by atoms with Gasteiger partial charge in [0.1, 0.15) is 5.75 Å². The Balaban J connectivity index is 1.67. The van der Waals surface area contributed by atoms with Crippen molar-refractivity contribution in [2.24, 2.45) is 0 Å². The highest BCUT2D eigenvalue weighted by Gasteiger charge is 2.12. The van der Waals surface area contributed by atoms with Crippen LogP contribution in [0.2, 0.25) is 0 Å². The van der Waals surface area contributed by atoms with Crippen molar-refractivity contribution >= 4 is 0 Å². The first-order valence-corrected chi connectivity index (χ1v) is 7.82. The van der Waals surface area contributed by atoms with Crippen LogP contribution in [0.25, 0.3) is 11.1 Å². The van der Waals surface area contributed by atoms with Crippen LogP contribution in [0, 0.1) is 0 Å². The number of ether oxygens (including phenoxy) is 1. The molecule has 0 spiro atoms. The zero-order chi connectivity index (χ0) is 14.5. The van der Waals surface area contributed by atoms with E-state index in [-0.39, 0.29) is 0 Å². The van der Waals surface area contributed by atoms with Gasteiger partial charge in [-0.1, -0.05) is 42.8 Å². The molecule has 0 aliphatic carbocycles. The number of benzene rings is 2. The Kier molecular flexibility index (Phi) is 4.56. The van der Waals surface area contributed by atoms with Crippen LogP contribution in [-0.2, 0) is 6.42 Å². The Morgan fingerprint density at radius 2 is 1.62 bits per heavy atom. The van der Waals surface area contributed by atoms with Crippen LogP contribution >= 0.6 is 0 Å². The maximum atomic E-state index is 5.20. The Morgan fingerprint density at radius 3 is 2.19 bits per heavy atom. The highest BCUT2D eigenvalue weighted by Crippen LogP contribution is 2.23. The molecule has 110 valence electrons. The van der Waals surface area contributed by atoms with Crippen LogP contribution in [0.3, 0.4) is 0 Å². The summed E-state index contributed by atoms with van der Waals surface area (Å²) in [6.07, 6.45) is 5.14. The standard InChI is InChI=1S/C19H23NO/c1-21-19-11-9-17(10-12-19)16-7-5-15(6-8-16)14-18-4-2-3-13-20-18/h5-12,18,20H,2-4,13-14H2,1H3. The second-order valence-corrected chi connectivity index (χ2v) is 5.78. The predicted octanol–water partition coefficient (Wildman–Crippen LogP) is 4.05. The van der Waals surface area contributed by atoms with E-state index in [9.17, 15) is 0 Å².